The Morgan fingerprint density at radius 2 is 2.00 bits per heavy atom. The highest BCUT2D eigenvalue weighted by atomic mass is 32.2. The molecule has 1 fully saturated rings. The second-order valence-electron chi connectivity index (χ2n) is 4.59. The largest absolute Gasteiger partial charge is 0.481 e. The highest BCUT2D eigenvalue weighted by Crippen LogP contribution is 2.51. The van der Waals surface area contributed by atoms with Gasteiger partial charge in [0, 0.05) is 12.8 Å². The zero-order valence-corrected chi connectivity index (χ0v) is 11.3. The van der Waals surface area contributed by atoms with E-state index in [9.17, 15) is 14.4 Å². The molecule has 1 aliphatic carbocycles. The Balaban J connectivity index is 2.32. The molecule has 1 rings (SSSR count). The topological polar surface area (TPSA) is 95.5 Å². The van der Waals surface area contributed by atoms with Gasteiger partial charge in [-0.1, -0.05) is 0 Å². The average Bonchev–Trinajstić information content (AvgIpc) is 3.05. The van der Waals surface area contributed by atoms with Crippen LogP contribution in [0.2, 0.25) is 0 Å². The van der Waals surface area contributed by atoms with Crippen molar-refractivity contribution in [1.29, 1.82) is 0 Å². The number of carbonyl (C=O) groups excluding carboxylic acids is 2. The van der Waals surface area contributed by atoms with Gasteiger partial charge in [0.25, 0.3) is 0 Å². The standard InChI is InChI=1S/C11H18N2O4S/c1-7(9(16)13-10(17)12-2)18-6-11(3-4-11)5-8(14)15/h7H,3-6H2,1-2H3,(H,14,15)(H2,12,13,16,17). The molecule has 0 aromatic heterocycles. The number of nitrogens with one attached hydrogen (secondary N) is 2. The molecule has 0 bridgehead atoms. The van der Waals surface area contributed by atoms with Crippen LogP contribution in [0, 0.1) is 5.41 Å². The summed E-state index contributed by atoms with van der Waals surface area (Å²) in [5.74, 6) is -0.511. The van der Waals surface area contributed by atoms with Gasteiger partial charge in [-0.15, -0.1) is 11.8 Å². The van der Waals surface area contributed by atoms with Crippen molar-refractivity contribution in [3.05, 3.63) is 0 Å². The minimum absolute atomic E-state index is 0.141. The van der Waals surface area contributed by atoms with Gasteiger partial charge >= 0.3 is 12.0 Å². The summed E-state index contributed by atoms with van der Waals surface area (Å²) in [5, 5.41) is 12.9. The van der Waals surface area contributed by atoms with E-state index in [0.717, 1.165) is 12.8 Å². The maximum atomic E-state index is 11.6. The van der Waals surface area contributed by atoms with E-state index in [1.54, 1.807) is 6.92 Å². The Morgan fingerprint density at radius 1 is 1.39 bits per heavy atom. The lowest BCUT2D eigenvalue weighted by atomic mass is 10.1. The van der Waals surface area contributed by atoms with Crippen molar-refractivity contribution < 1.29 is 19.5 Å². The number of imide groups is 1. The Kier molecular flexibility index (Phi) is 5.01. The van der Waals surface area contributed by atoms with Crippen LogP contribution in [0.1, 0.15) is 26.2 Å². The van der Waals surface area contributed by atoms with Crippen LogP contribution in [-0.2, 0) is 9.59 Å². The third-order valence-corrected chi connectivity index (χ3v) is 4.45. The number of carbonyl (C=O) groups is 3. The molecule has 1 atom stereocenters. The summed E-state index contributed by atoms with van der Waals surface area (Å²) in [6.45, 7) is 1.71. The van der Waals surface area contributed by atoms with E-state index in [4.69, 9.17) is 5.11 Å². The molecule has 1 aliphatic rings. The van der Waals surface area contributed by atoms with E-state index in [2.05, 4.69) is 10.6 Å². The molecule has 0 aromatic carbocycles. The number of hydrogen-bond donors (Lipinski definition) is 3. The quantitative estimate of drug-likeness (QED) is 0.666. The van der Waals surface area contributed by atoms with Gasteiger partial charge in [0.05, 0.1) is 11.7 Å². The zero-order valence-electron chi connectivity index (χ0n) is 10.5. The molecule has 0 aromatic rings. The van der Waals surface area contributed by atoms with Crippen LogP contribution < -0.4 is 10.6 Å². The van der Waals surface area contributed by atoms with Gasteiger partial charge in [-0.3, -0.25) is 14.9 Å². The number of hydrogen-bond acceptors (Lipinski definition) is 4. The summed E-state index contributed by atoms with van der Waals surface area (Å²) >= 11 is 1.39. The Labute approximate surface area is 110 Å². The molecule has 102 valence electrons. The second kappa shape index (κ2) is 6.08. The molecule has 0 heterocycles. The van der Waals surface area contributed by atoms with Crippen LogP contribution in [0.3, 0.4) is 0 Å². The summed E-state index contributed by atoms with van der Waals surface area (Å²) in [4.78, 5) is 33.2. The minimum atomic E-state index is -0.796. The molecule has 0 radical (unpaired) electrons. The van der Waals surface area contributed by atoms with Crippen molar-refractivity contribution in [1.82, 2.24) is 10.6 Å². The molecule has 0 saturated heterocycles. The maximum Gasteiger partial charge on any atom is 0.321 e. The first-order chi connectivity index (χ1) is 8.38. The lowest BCUT2D eigenvalue weighted by Gasteiger charge is -2.15. The molecule has 1 saturated carbocycles. The van der Waals surface area contributed by atoms with Gasteiger partial charge in [-0.25, -0.2) is 4.79 Å². The first-order valence-corrected chi connectivity index (χ1v) is 6.79. The second-order valence-corrected chi connectivity index (χ2v) is 5.92. The number of aliphatic carboxylic acids is 1. The molecular weight excluding hydrogens is 256 g/mol. The molecule has 1 unspecified atom stereocenters. The van der Waals surface area contributed by atoms with E-state index >= 15 is 0 Å². The van der Waals surface area contributed by atoms with Gasteiger partial charge in [0.2, 0.25) is 5.91 Å². The van der Waals surface area contributed by atoms with Crippen LogP contribution >= 0.6 is 11.8 Å². The van der Waals surface area contributed by atoms with Crippen molar-refractivity contribution >= 4 is 29.7 Å². The normalized spacial score (nSPS) is 17.7. The summed E-state index contributed by atoms with van der Waals surface area (Å²) in [6, 6.07) is -0.529. The Bertz CT molecular complexity index is 355. The number of carboxylic acids is 1. The summed E-state index contributed by atoms with van der Waals surface area (Å²) < 4.78 is 0. The minimum Gasteiger partial charge on any atom is -0.481 e. The molecular formula is C11H18N2O4S. The molecule has 7 heteroatoms. The molecule has 3 N–H and O–H groups in total. The van der Waals surface area contributed by atoms with Crippen molar-refractivity contribution in [2.45, 2.75) is 31.4 Å². The Hall–Kier alpha value is -1.24. The van der Waals surface area contributed by atoms with Gasteiger partial charge in [-0.2, -0.15) is 0 Å². The van der Waals surface area contributed by atoms with E-state index in [-0.39, 0.29) is 23.0 Å². The fourth-order valence-electron chi connectivity index (χ4n) is 1.52. The van der Waals surface area contributed by atoms with Crippen molar-refractivity contribution in [3.63, 3.8) is 0 Å². The predicted molar refractivity (Wildman–Crippen MR) is 68.4 cm³/mol. The molecule has 6 nitrogen and oxygen atoms in total. The van der Waals surface area contributed by atoms with Crippen molar-refractivity contribution in [2.75, 3.05) is 12.8 Å². The van der Waals surface area contributed by atoms with E-state index in [0.29, 0.717) is 5.75 Å². The number of amides is 3. The number of rotatable bonds is 6. The van der Waals surface area contributed by atoms with Crippen molar-refractivity contribution in [3.8, 4) is 0 Å². The van der Waals surface area contributed by atoms with Crippen LogP contribution in [0.5, 0.6) is 0 Å². The predicted octanol–water partition coefficient (Wildman–Crippen LogP) is 0.819. The molecule has 0 aliphatic heterocycles. The first kappa shape index (κ1) is 14.8. The fraction of sp³-hybridized carbons (Fsp3) is 0.727. The zero-order chi connectivity index (χ0) is 13.8. The number of thioether (sulfide) groups is 1. The van der Waals surface area contributed by atoms with Crippen LogP contribution in [-0.4, -0.2) is 41.1 Å². The smallest absolute Gasteiger partial charge is 0.321 e. The lowest BCUT2D eigenvalue weighted by Crippen LogP contribution is -2.41. The van der Waals surface area contributed by atoms with Crippen molar-refractivity contribution in [2.24, 2.45) is 5.41 Å². The molecule has 18 heavy (non-hydrogen) atoms. The summed E-state index contributed by atoms with van der Waals surface area (Å²) in [7, 11) is 1.44. The molecule has 3 amide bonds. The molecule has 0 spiro atoms. The summed E-state index contributed by atoms with van der Waals surface area (Å²) in [6.07, 6.45) is 1.95. The highest BCUT2D eigenvalue weighted by Gasteiger charge is 2.44. The Morgan fingerprint density at radius 3 is 2.44 bits per heavy atom. The number of carboxylic acid groups (broad SMARTS) is 1. The van der Waals surface area contributed by atoms with E-state index < -0.39 is 12.0 Å². The SMILES string of the molecule is CNC(=O)NC(=O)C(C)SCC1(CC(=O)O)CC1. The number of urea groups is 1. The third kappa shape index (κ3) is 4.56. The van der Waals surface area contributed by atoms with E-state index in [1.807, 2.05) is 0 Å². The highest BCUT2D eigenvalue weighted by molar-refractivity contribution is 8.00. The van der Waals surface area contributed by atoms with Gasteiger partial charge in [-0.05, 0) is 25.2 Å². The van der Waals surface area contributed by atoms with Gasteiger partial charge in [0.15, 0.2) is 0 Å². The maximum absolute atomic E-state index is 11.6. The van der Waals surface area contributed by atoms with Crippen LogP contribution in [0.15, 0.2) is 0 Å². The van der Waals surface area contributed by atoms with Crippen LogP contribution in [0.4, 0.5) is 4.79 Å². The fourth-order valence-corrected chi connectivity index (χ4v) is 2.73. The summed E-state index contributed by atoms with van der Waals surface area (Å²) in [5.41, 5.74) is -0.141. The monoisotopic (exact) mass is 274 g/mol. The van der Waals surface area contributed by atoms with E-state index in [1.165, 1.54) is 18.8 Å². The van der Waals surface area contributed by atoms with Gasteiger partial charge in [0.1, 0.15) is 0 Å². The average molecular weight is 274 g/mol. The van der Waals surface area contributed by atoms with Crippen LogP contribution in [0.25, 0.3) is 0 Å². The first-order valence-electron chi connectivity index (χ1n) is 5.74. The third-order valence-electron chi connectivity index (χ3n) is 2.96. The lowest BCUT2D eigenvalue weighted by molar-refractivity contribution is -0.138. The van der Waals surface area contributed by atoms with Gasteiger partial charge < -0.3 is 10.4 Å².